The van der Waals surface area contributed by atoms with Gasteiger partial charge >= 0.3 is 12.1 Å². The van der Waals surface area contributed by atoms with Crippen molar-refractivity contribution in [3.63, 3.8) is 0 Å². The third-order valence-electron chi connectivity index (χ3n) is 2.61. The number of esters is 1. The quantitative estimate of drug-likeness (QED) is 0.793. The van der Waals surface area contributed by atoms with Gasteiger partial charge in [-0.3, -0.25) is 4.79 Å². The summed E-state index contributed by atoms with van der Waals surface area (Å²) in [6.07, 6.45) is -1.32. The SMILES string of the molecule is NC(=O)OC1CC(=O)OC1Cc1ccccc1. The Morgan fingerprint density at radius 1 is 1.41 bits per heavy atom. The molecule has 0 aliphatic carbocycles. The Morgan fingerprint density at radius 3 is 2.76 bits per heavy atom. The van der Waals surface area contributed by atoms with Crippen molar-refractivity contribution in [1.82, 2.24) is 0 Å². The van der Waals surface area contributed by atoms with E-state index >= 15 is 0 Å². The number of primary amides is 1. The largest absolute Gasteiger partial charge is 0.458 e. The van der Waals surface area contributed by atoms with E-state index in [1.807, 2.05) is 30.3 Å². The molecule has 1 saturated heterocycles. The Balaban J connectivity index is 2.03. The number of hydrogen-bond donors (Lipinski definition) is 1. The van der Waals surface area contributed by atoms with Crippen molar-refractivity contribution in [3.8, 4) is 0 Å². The highest BCUT2D eigenvalue weighted by Crippen LogP contribution is 2.22. The van der Waals surface area contributed by atoms with Crippen LogP contribution in [-0.2, 0) is 20.7 Å². The van der Waals surface area contributed by atoms with Crippen LogP contribution in [0.5, 0.6) is 0 Å². The fraction of sp³-hybridized carbons (Fsp3) is 0.333. The molecule has 1 aromatic rings. The first kappa shape index (κ1) is 11.4. The molecule has 0 spiro atoms. The van der Waals surface area contributed by atoms with Crippen LogP contribution in [0.1, 0.15) is 12.0 Å². The van der Waals surface area contributed by atoms with Crippen molar-refractivity contribution >= 4 is 12.1 Å². The molecule has 1 fully saturated rings. The molecule has 2 rings (SSSR count). The van der Waals surface area contributed by atoms with Gasteiger partial charge in [0.1, 0.15) is 6.10 Å². The lowest BCUT2D eigenvalue weighted by molar-refractivity contribution is -0.141. The molecule has 0 radical (unpaired) electrons. The van der Waals surface area contributed by atoms with E-state index < -0.39 is 18.3 Å². The maximum Gasteiger partial charge on any atom is 0.404 e. The molecule has 0 aromatic heterocycles. The van der Waals surface area contributed by atoms with Crippen LogP contribution < -0.4 is 5.73 Å². The van der Waals surface area contributed by atoms with Gasteiger partial charge in [0.05, 0.1) is 6.42 Å². The molecule has 17 heavy (non-hydrogen) atoms. The van der Waals surface area contributed by atoms with Gasteiger partial charge in [-0.05, 0) is 5.56 Å². The van der Waals surface area contributed by atoms with Gasteiger partial charge in [-0.25, -0.2) is 4.79 Å². The Hall–Kier alpha value is -2.04. The summed E-state index contributed by atoms with van der Waals surface area (Å²) in [7, 11) is 0. The number of hydrogen-bond acceptors (Lipinski definition) is 4. The Kier molecular flexibility index (Phi) is 3.27. The van der Waals surface area contributed by atoms with E-state index in [1.165, 1.54) is 0 Å². The van der Waals surface area contributed by atoms with Gasteiger partial charge in [0.15, 0.2) is 6.10 Å². The summed E-state index contributed by atoms with van der Waals surface area (Å²) in [6.45, 7) is 0. The third kappa shape index (κ3) is 2.96. The molecule has 2 N–H and O–H groups in total. The summed E-state index contributed by atoms with van der Waals surface area (Å²) in [5.41, 5.74) is 5.96. The van der Waals surface area contributed by atoms with Gasteiger partial charge in [0.2, 0.25) is 0 Å². The number of benzene rings is 1. The smallest absolute Gasteiger partial charge is 0.404 e. The number of carbonyl (C=O) groups excluding carboxylic acids is 2. The molecule has 1 aromatic carbocycles. The number of rotatable bonds is 3. The number of cyclic esters (lactones) is 1. The van der Waals surface area contributed by atoms with E-state index in [9.17, 15) is 9.59 Å². The number of nitrogens with two attached hydrogens (primary N) is 1. The first-order valence-corrected chi connectivity index (χ1v) is 5.34. The zero-order valence-electron chi connectivity index (χ0n) is 9.17. The predicted octanol–water partition coefficient (Wildman–Crippen LogP) is 1.01. The first-order chi connectivity index (χ1) is 8.15. The van der Waals surface area contributed by atoms with Crippen molar-refractivity contribution in [2.24, 2.45) is 5.73 Å². The van der Waals surface area contributed by atoms with Crippen LogP contribution in [0, 0.1) is 0 Å². The van der Waals surface area contributed by atoms with Gasteiger partial charge in [0, 0.05) is 6.42 Å². The van der Waals surface area contributed by atoms with Gasteiger partial charge < -0.3 is 15.2 Å². The molecule has 90 valence electrons. The number of ether oxygens (including phenoxy) is 2. The molecular formula is C12H13NO4. The minimum absolute atomic E-state index is 0.0699. The zero-order valence-corrected chi connectivity index (χ0v) is 9.17. The maximum absolute atomic E-state index is 11.2. The average molecular weight is 235 g/mol. The molecule has 1 aliphatic heterocycles. The average Bonchev–Trinajstić information content (AvgIpc) is 2.59. The Labute approximate surface area is 98.5 Å². The molecular weight excluding hydrogens is 222 g/mol. The second-order valence-electron chi connectivity index (χ2n) is 3.90. The van der Waals surface area contributed by atoms with Gasteiger partial charge in [-0.2, -0.15) is 0 Å². The summed E-state index contributed by atoms with van der Waals surface area (Å²) in [6, 6.07) is 9.55. The molecule has 0 saturated carbocycles. The van der Waals surface area contributed by atoms with E-state index in [1.54, 1.807) is 0 Å². The van der Waals surface area contributed by atoms with Crippen molar-refractivity contribution in [3.05, 3.63) is 35.9 Å². The van der Waals surface area contributed by atoms with Gasteiger partial charge in [0.25, 0.3) is 0 Å². The van der Waals surface area contributed by atoms with Crippen molar-refractivity contribution < 1.29 is 19.1 Å². The maximum atomic E-state index is 11.2. The second-order valence-corrected chi connectivity index (χ2v) is 3.90. The predicted molar refractivity (Wildman–Crippen MR) is 59.1 cm³/mol. The van der Waals surface area contributed by atoms with Crippen LogP contribution in [0.25, 0.3) is 0 Å². The summed E-state index contributed by atoms with van der Waals surface area (Å²) >= 11 is 0. The first-order valence-electron chi connectivity index (χ1n) is 5.34. The highest BCUT2D eigenvalue weighted by molar-refractivity contribution is 5.74. The third-order valence-corrected chi connectivity index (χ3v) is 2.61. The molecule has 1 aliphatic rings. The second kappa shape index (κ2) is 4.86. The lowest BCUT2D eigenvalue weighted by Crippen LogP contribution is -2.31. The van der Waals surface area contributed by atoms with Crippen LogP contribution in [0.3, 0.4) is 0 Å². The fourth-order valence-electron chi connectivity index (χ4n) is 1.87. The number of amides is 1. The highest BCUT2D eigenvalue weighted by Gasteiger charge is 2.37. The van der Waals surface area contributed by atoms with E-state index in [-0.39, 0.29) is 12.4 Å². The lowest BCUT2D eigenvalue weighted by atomic mass is 10.0. The van der Waals surface area contributed by atoms with Gasteiger partial charge in [-0.15, -0.1) is 0 Å². The molecule has 1 amide bonds. The highest BCUT2D eigenvalue weighted by atomic mass is 16.6. The van der Waals surface area contributed by atoms with Crippen molar-refractivity contribution in [2.45, 2.75) is 25.0 Å². The van der Waals surface area contributed by atoms with E-state index in [0.717, 1.165) is 5.56 Å². The monoisotopic (exact) mass is 235 g/mol. The van der Waals surface area contributed by atoms with E-state index in [2.05, 4.69) is 0 Å². The zero-order chi connectivity index (χ0) is 12.3. The lowest BCUT2D eigenvalue weighted by Gasteiger charge is -2.16. The molecule has 5 nitrogen and oxygen atoms in total. The standard InChI is InChI=1S/C12H13NO4/c13-12(15)17-10-7-11(14)16-9(10)6-8-4-2-1-3-5-8/h1-5,9-10H,6-7H2,(H2,13,15). The van der Waals surface area contributed by atoms with Crippen molar-refractivity contribution in [2.75, 3.05) is 0 Å². The summed E-state index contributed by atoms with van der Waals surface area (Å²) in [4.78, 5) is 21.9. The van der Waals surface area contributed by atoms with E-state index in [4.69, 9.17) is 15.2 Å². The van der Waals surface area contributed by atoms with Crippen LogP contribution >= 0.6 is 0 Å². The molecule has 0 bridgehead atoms. The Morgan fingerprint density at radius 2 is 2.12 bits per heavy atom. The van der Waals surface area contributed by atoms with Crippen LogP contribution in [-0.4, -0.2) is 24.3 Å². The topological polar surface area (TPSA) is 78.6 Å². The summed E-state index contributed by atoms with van der Waals surface area (Å²) in [5.74, 6) is -0.364. The molecule has 2 atom stereocenters. The fourth-order valence-corrected chi connectivity index (χ4v) is 1.87. The normalized spacial score (nSPS) is 23.2. The van der Waals surface area contributed by atoms with Crippen LogP contribution in [0.15, 0.2) is 30.3 Å². The minimum Gasteiger partial charge on any atom is -0.458 e. The van der Waals surface area contributed by atoms with Crippen molar-refractivity contribution in [1.29, 1.82) is 0 Å². The van der Waals surface area contributed by atoms with Crippen LogP contribution in [0.4, 0.5) is 4.79 Å². The van der Waals surface area contributed by atoms with E-state index in [0.29, 0.717) is 6.42 Å². The van der Waals surface area contributed by atoms with Crippen LogP contribution in [0.2, 0.25) is 0 Å². The molecule has 1 heterocycles. The van der Waals surface area contributed by atoms with Gasteiger partial charge in [-0.1, -0.05) is 30.3 Å². The summed E-state index contributed by atoms with van der Waals surface area (Å²) in [5, 5.41) is 0. The minimum atomic E-state index is -0.883. The Bertz CT molecular complexity index is 418. The summed E-state index contributed by atoms with van der Waals surface area (Å²) < 4.78 is 9.97. The molecule has 5 heteroatoms. The molecule has 2 unspecified atom stereocenters. The number of carbonyl (C=O) groups is 2.